The molecule has 4 aliphatic heterocycles. The van der Waals surface area contributed by atoms with Crippen molar-refractivity contribution in [3.05, 3.63) is 98.7 Å². The van der Waals surface area contributed by atoms with E-state index >= 15 is 0 Å². The molecule has 0 radical (unpaired) electrons. The molecule has 3 saturated heterocycles. The number of allylic oxidation sites excluding steroid dienone is 5. The van der Waals surface area contributed by atoms with Gasteiger partial charge in [0.25, 0.3) is 5.69 Å². The Morgan fingerprint density at radius 3 is 2.53 bits per heavy atom. The molecule has 0 unspecified atom stereocenters. The summed E-state index contributed by atoms with van der Waals surface area (Å²) in [5, 5.41) is 35.3. The van der Waals surface area contributed by atoms with Gasteiger partial charge in [-0.2, -0.15) is 0 Å². The van der Waals surface area contributed by atoms with Gasteiger partial charge in [-0.3, -0.25) is 14.9 Å². The number of benzene rings is 1. The first-order valence-electron chi connectivity index (χ1n) is 19.4. The minimum atomic E-state index is -1.93. The second kappa shape index (κ2) is 16.3. The number of carbonyl (C=O) groups excluding carboxylic acids is 2. The van der Waals surface area contributed by atoms with Gasteiger partial charge >= 0.3 is 11.9 Å². The van der Waals surface area contributed by atoms with Gasteiger partial charge in [0.2, 0.25) is 0 Å². The van der Waals surface area contributed by atoms with Crippen LogP contribution >= 0.6 is 0 Å². The smallest absolute Gasteiger partial charge is 0.338 e. The van der Waals surface area contributed by atoms with E-state index in [-0.39, 0.29) is 54.6 Å². The zero-order chi connectivity index (χ0) is 39.8. The molecule has 11 atom stereocenters. The number of nitro groups is 1. The zero-order valence-corrected chi connectivity index (χ0v) is 32.8. The fraction of sp³-hybridized carbons (Fsp3) is 0.581. The number of nitro benzene ring substituents is 1. The molecule has 1 aromatic carbocycles. The highest BCUT2D eigenvalue weighted by atomic mass is 16.7. The van der Waals surface area contributed by atoms with Crippen LogP contribution in [0.25, 0.3) is 0 Å². The van der Waals surface area contributed by atoms with E-state index in [4.69, 9.17) is 23.7 Å². The van der Waals surface area contributed by atoms with Crippen molar-refractivity contribution in [2.24, 2.45) is 23.7 Å². The fourth-order valence-corrected chi connectivity index (χ4v) is 8.89. The predicted molar refractivity (Wildman–Crippen MR) is 204 cm³/mol. The van der Waals surface area contributed by atoms with Crippen LogP contribution in [0.15, 0.2) is 83.0 Å². The van der Waals surface area contributed by atoms with E-state index in [2.05, 4.69) is 39.8 Å². The summed E-state index contributed by atoms with van der Waals surface area (Å²) in [4.78, 5) is 38.4. The van der Waals surface area contributed by atoms with Gasteiger partial charge in [-0.15, -0.1) is 0 Å². The Hall–Kier alpha value is -3.94. The molecule has 12 nitrogen and oxygen atoms in total. The Balaban J connectivity index is 1.35. The number of aliphatic hydroxyl groups excluding tert-OH is 1. The number of hydrogen-bond donors (Lipinski definition) is 2. The molecular weight excluding hydrogens is 706 g/mol. The van der Waals surface area contributed by atoms with Gasteiger partial charge < -0.3 is 33.9 Å². The first-order chi connectivity index (χ1) is 26.0. The Labute approximate surface area is 323 Å². The molecule has 12 heteroatoms. The number of aliphatic hydroxyl groups is 2. The molecule has 1 aromatic rings. The molecule has 0 aromatic heterocycles. The van der Waals surface area contributed by atoms with Crippen molar-refractivity contribution in [3.63, 3.8) is 0 Å². The van der Waals surface area contributed by atoms with Gasteiger partial charge in [0.15, 0.2) is 11.9 Å². The summed E-state index contributed by atoms with van der Waals surface area (Å²) in [6.07, 6.45) is 9.31. The van der Waals surface area contributed by atoms with Crippen molar-refractivity contribution in [2.75, 3.05) is 6.61 Å². The molecule has 2 N–H and O–H groups in total. The Morgan fingerprint density at radius 2 is 1.84 bits per heavy atom. The Kier molecular flexibility index (Phi) is 12.0. The van der Waals surface area contributed by atoms with Crippen LogP contribution in [0.5, 0.6) is 0 Å². The summed E-state index contributed by atoms with van der Waals surface area (Å²) in [5.74, 6) is -3.59. The molecule has 55 heavy (non-hydrogen) atoms. The third-order valence-corrected chi connectivity index (χ3v) is 11.6. The Morgan fingerprint density at radius 1 is 1.11 bits per heavy atom. The summed E-state index contributed by atoms with van der Waals surface area (Å²) >= 11 is 0. The van der Waals surface area contributed by atoms with E-state index in [1.54, 1.807) is 19.1 Å². The number of hydrogen-bond acceptors (Lipinski definition) is 11. The van der Waals surface area contributed by atoms with Crippen LogP contribution in [0, 0.1) is 33.8 Å². The largest absolute Gasteiger partial charge is 0.462 e. The monoisotopic (exact) mass is 761 g/mol. The predicted octanol–water partition coefficient (Wildman–Crippen LogP) is 6.86. The minimum absolute atomic E-state index is 0.0215. The van der Waals surface area contributed by atoms with Crippen molar-refractivity contribution < 1.29 is 48.4 Å². The van der Waals surface area contributed by atoms with E-state index in [1.807, 2.05) is 26.0 Å². The van der Waals surface area contributed by atoms with E-state index in [0.29, 0.717) is 24.0 Å². The van der Waals surface area contributed by atoms with Crippen LogP contribution < -0.4 is 0 Å². The van der Waals surface area contributed by atoms with E-state index in [1.165, 1.54) is 29.8 Å². The number of rotatable bonds is 5. The highest BCUT2D eigenvalue weighted by Crippen LogP contribution is 2.48. The minimum Gasteiger partial charge on any atom is -0.462 e. The molecule has 3 fully saturated rings. The summed E-state index contributed by atoms with van der Waals surface area (Å²) < 4.78 is 32.1. The van der Waals surface area contributed by atoms with Crippen molar-refractivity contribution >= 4 is 17.6 Å². The highest BCUT2D eigenvalue weighted by molar-refractivity contribution is 5.90. The van der Waals surface area contributed by atoms with Crippen LogP contribution in [0.3, 0.4) is 0 Å². The van der Waals surface area contributed by atoms with Gasteiger partial charge in [-0.25, -0.2) is 4.79 Å². The lowest BCUT2D eigenvalue weighted by Crippen LogP contribution is -2.60. The average molecular weight is 762 g/mol. The van der Waals surface area contributed by atoms with Crippen LogP contribution in [0.1, 0.15) is 90.9 Å². The van der Waals surface area contributed by atoms with Gasteiger partial charge in [0.05, 0.1) is 35.4 Å². The zero-order valence-electron chi connectivity index (χ0n) is 32.8. The quantitative estimate of drug-likeness (QED) is 0.139. The summed E-state index contributed by atoms with van der Waals surface area (Å²) in [7, 11) is 0. The third-order valence-electron chi connectivity index (χ3n) is 11.6. The van der Waals surface area contributed by atoms with Gasteiger partial charge in [0.1, 0.15) is 23.7 Å². The standard InChI is InChI=1S/C43H55NO11/c1-24(2)17-27(5)37-29(7)36(45)22-42(55-37)21-34-20-33(54-42)16-11-26(4)18-25(3)9-8-10-31-23-51-39-38(28(6)19-35(41(47)52-34)43(31,39)48)53-40(46)30-12-14-32(15-13-30)44(49)50/h8-15,17,19,24-25,29,33-39,45,48H,16,18,20-23H2,1-7H3/b9-8+,26-11+,27-17+,31-10+/t25-,29-,33+,34-,35-,36-,37+,38+,39+,42-,43+/m0/s1. The highest BCUT2D eigenvalue weighted by Gasteiger charge is 2.61. The number of fused-ring (bicyclic) bond motifs is 2. The topological polar surface area (TPSA) is 164 Å². The second-order valence-electron chi connectivity index (χ2n) is 16.6. The molecule has 1 spiro atoms. The normalized spacial score (nSPS) is 39.5. The molecule has 6 rings (SSSR count). The van der Waals surface area contributed by atoms with Crippen LogP contribution in [0.4, 0.5) is 5.69 Å². The van der Waals surface area contributed by atoms with E-state index in [0.717, 1.165) is 12.0 Å². The lowest BCUT2D eigenvalue weighted by molar-refractivity contribution is -0.384. The first-order valence-corrected chi connectivity index (χ1v) is 19.4. The number of carbonyl (C=O) groups is 2. The van der Waals surface area contributed by atoms with Crippen molar-refractivity contribution in [1.29, 1.82) is 0 Å². The van der Waals surface area contributed by atoms with Crippen LogP contribution in [-0.2, 0) is 28.5 Å². The van der Waals surface area contributed by atoms with Crippen molar-refractivity contribution in [2.45, 2.75) is 129 Å². The molecule has 2 bridgehead atoms. The van der Waals surface area contributed by atoms with Gasteiger partial charge in [-0.05, 0) is 74.3 Å². The van der Waals surface area contributed by atoms with Gasteiger partial charge in [-0.1, -0.05) is 69.7 Å². The molecule has 1 aliphatic carbocycles. The van der Waals surface area contributed by atoms with Crippen LogP contribution in [-0.4, -0.2) is 81.7 Å². The SMILES string of the molecule is CC1=C[C@H]2C(=O)O[C@H]3C[C@@H](C/C=C(\C)C[C@@H](C)/C=C/C=C4\CO[C@H]([C@@H]1OC(=O)c1ccc([N+](=O)[O-])cc1)[C@@]42O)O[C@]1(C3)C[C@H](O)[C@H](C)[C@@H](/C(C)=C/C(C)C)O1. The average Bonchev–Trinajstić information content (AvgIpc) is 3.45. The van der Waals surface area contributed by atoms with E-state index in [9.17, 15) is 29.9 Å². The summed E-state index contributed by atoms with van der Waals surface area (Å²) in [5.41, 5.74) is 1.08. The Bertz CT molecular complexity index is 1790. The fourth-order valence-electron chi connectivity index (χ4n) is 8.89. The molecule has 5 aliphatic rings. The van der Waals surface area contributed by atoms with Crippen molar-refractivity contribution in [3.8, 4) is 0 Å². The summed E-state index contributed by atoms with van der Waals surface area (Å²) in [6.45, 7) is 14.0. The molecule has 298 valence electrons. The number of non-ortho nitro benzene ring substituents is 1. The molecule has 0 amide bonds. The molecule has 4 heterocycles. The maximum atomic E-state index is 14.5. The molecular formula is C43H55NO11. The number of nitrogens with zero attached hydrogens (tertiary/aromatic N) is 1. The maximum Gasteiger partial charge on any atom is 0.338 e. The second-order valence-corrected chi connectivity index (χ2v) is 16.6. The molecule has 0 saturated carbocycles. The lowest BCUT2D eigenvalue weighted by atomic mass is 9.70. The lowest BCUT2D eigenvalue weighted by Gasteiger charge is -2.51. The summed E-state index contributed by atoms with van der Waals surface area (Å²) in [6, 6.07) is 5.04. The van der Waals surface area contributed by atoms with Crippen LogP contribution in [0.2, 0.25) is 0 Å². The van der Waals surface area contributed by atoms with E-state index < -0.39 is 64.7 Å². The number of ether oxygens (including phenoxy) is 5. The van der Waals surface area contributed by atoms with Crippen molar-refractivity contribution in [1.82, 2.24) is 0 Å². The van der Waals surface area contributed by atoms with Gasteiger partial charge in [0, 0.05) is 37.3 Å². The number of esters is 2. The third kappa shape index (κ3) is 8.58. The first kappa shape index (κ1) is 40.7. The maximum absolute atomic E-state index is 14.5.